The van der Waals surface area contributed by atoms with Gasteiger partial charge >= 0.3 is 12.4 Å². The van der Waals surface area contributed by atoms with Crippen LogP contribution >= 0.6 is 23.2 Å². The van der Waals surface area contributed by atoms with Gasteiger partial charge in [0.05, 0.1) is 27.2 Å². The summed E-state index contributed by atoms with van der Waals surface area (Å²) in [5, 5.41) is 13.3. The van der Waals surface area contributed by atoms with E-state index in [1.807, 2.05) is 0 Å². The van der Waals surface area contributed by atoms with Crippen LogP contribution in [0, 0.1) is 11.3 Å². The number of likely N-dealkylation sites (tertiary alicyclic amines) is 1. The number of rotatable bonds is 3. The van der Waals surface area contributed by atoms with Crippen molar-refractivity contribution in [1.82, 2.24) is 4.90 Å². The molecule has 0 radical (unpaired) electrons. The lowest BCUT2D eigenvalue weighted by molar-refractivity contribution is -0.143. The van der Waals surface area contributed by atoms with Gasteiger partial charge in [-0.15, -0.1) is 0 Å². The summed E-state index contributed by atoms with van der Waals surface area (Å²) in [6, 6.07) is 7.55. The maximum atomic E-state index is 13.1. The number of benzene rings is 2. The fraction of sp³-hybridized carbons (Fsp3) is 0.333. The molecule has 0 atom stereocenters. The molecular weight excluding hydrogens is 495 g/mol. The lowest BCUT2D eigenvalue weighted by Crippen LogP contribution is -2.50. The number of halogens is 8. The lowest BCUT2D eigenvalue weighted by Gasteiger charge is -2.38. The molecule has 0 spiro atoms. The van der Waals surface area contributed by atoms with Gasteiger partial charge in [-0.05, 0) is 36.4 Å². The first-order chi connectivity index (χ1) is 15.2. The van der Waals surface area contributed by atoms with Gasteiger partial charge in [-0.3, -0.25) is 4.79 Å². The van der Waals surface area contributed by atoms with Crippen molar-refractivity contribution in [3.63, 3.8) is 0 Å². The number of piperidine rings is 1. The number of hydrogen-bond acceptors (Lipinski definition) is 3. The predicted molar refractivity (Wildman–Crippen MR) is 110 cm³/mol. The van der Waals surface area contributed by atoms with Gasteiger partial charge in [0.1, 0.15) is 5.54 Å². The van der Waals surface area contributed by atoms with Crippen LogP contribution < -0.4 is 5.32 Å². The SMILES string of the molecule is N#CC1(Nc2ccc(Cl)c(Cl)c2)CCN(C(=O)c2cc(C(F)(F)F)cc(C(F)(F)F)c2)CC1. The third-order valence-electron chi connectivity index (χ3n) is 5.26. The monoisotopic (exact) mass is 509 g/mol. The molecule has 176 valence electrons. The van der Waals surface area contributed by atoms with E-state index >= 15 is 0 Å². The Morgan fingerprint density at radius 1 is 0.939 bits per heavy atom. The second kappa shape index (κ2) is 8.95. The Labute approximate surface area is 194 Å². The van der Waals surface area contributed by atoms with E-state index in [4.69, 9.17) is 23.2 Å². The fourth-order valence-corrected chi connectivity index (χ4v) is 3.77. The number of nitrogens with zero attached hydrogens (tertiary/aromatic N) is 2. The highest BCUT2D eigenvalue weighted by atomic mass is 35.5. The van der Waals surface area contributed by atoms with Crippen LogP contribution in [0.4, 0.5) is 32.0 Å². The molecule has 1 N–H and O–H groups in total. The van der Waals surface area contributed by atoms with Gasteiger partial charge < -0.3 is 10.2 Å². The normalized spacial score (nSPS) is 16.3. The van der Waals surface area contributed by atoms with Crippen LogP contribution in [0.1, 0.15) is 34.3 Å². The van der Waals surface area contributed by atoms with Gasteiger partial charge in [0, 0.05) is 37.2 Å². The van der Waals surface area contributed by atoms with Crippen LogP contribution in [0.5, 0.6) is 0 Å². The topological polar surface area (TPSA) is 56.1 Å². The zero-order valence-electron chi connectivity index (χ0n) is 16.6. The summed E-state index contributed by atoms with van der Waals surface area (Å²) in [5.41, 5.74) is -4.47. The molecule has 4 nitrogen and oxygen atoms in total. The highest BCUT2D eigenvalue weighted by Crippen LogP contribution is 2.37. The smallest absolute Gasteiger partial charge is 0.367 e. The van der Waals surface area contributed by atoms with E-state index in [9.17, 15) is 36.4 Å². The van der Waals surface area contributed by atoms with Gasteiger partial charge in [0.2, 0.25) is 0 Å². The highest BCUT2D eigenvalue weighted by molar-refractivity contribution is 6.42. The zero-order valence-corrected chi connectivity index (χ0v) is 18.1. The molecule has 1 saturated heterocycles. The van der Waals surface area contributed by atoms with Crippen molar-refractivity contribution < 1.29 is 31.1 Å². The maximum Gasteiger partial charge on any atom is 0.416 e. The average molecular weight is 510 g/mol. The molecule has 1 aliphatic heterocycles. The molecule has 2 aromatic carbocycles. The highest BCUT2D eigenvalue weighted by Gasteiger charge is 2.40. The van der Waals surface area contributed by atoms with Crippen molar-refractivity contribution in [1.29, 1.82) is 5.26 Å². The first-order valence-corrected chi connectivity index (χ1v) is 10.2. The molecule has 0 aliphatic carbocycles. The van der Waals surface area contributed by atoms with E-state index in [-0.39, 0.29) is 37.0 Å². The fourth-order valence-electron chi connectivity index (χ4n) is 3.47. The second-order valence-corrected chi connectivity index (χ2v) is 8.35. The number of carbonyl (C=O) groups is 1. The molecule has 2 aromatic rings. The van der Waals surface area contributed by atoms with Crippen molar-refractivity contribution in [2.75, 3.05) is 18.4 Å². The number of anilines is 1. The van der Waals surface area contributed by atoms with Crippen LogP contribution in [-0.2, 0) is 12.4 Å². The number of carbonyl (C=O) groups excluding carboxylic acids is 1. The van der Waals surface area contributed by atoms with Crippen molar-refractivity contribution in [2.45, 2.75) is 30.7 Å². The lowest BCUT2D eigenvalue weighted by atomic mass is 9.88. The second-order valence-electron chi connectivity index (χ2n) is 7.53. The number of alkyl halides is 6. The van der Waals surface area contributed by atoms with Crippen molar-refractivity contribution >= 4 is 34.8 Å². The minimum absolute atomic E-state index is 0.0329. The number of nitrogens with one attached hydrogen (secondary N) is 1. The first kappa shape index (κ1) is 25.0. The molecule has 0 saturated carbocycles. The molecule has 1 heterocycles. The Balaban J connectivity index is 1.81. The molecule has 3 rings (SSSR count). The standard InChI is InChI=1S/C21H15Cl2F6N3O/c22-16-2-1-15(10-17(16)23)31-19(11-30)3-5-32(6-4-19)18(33)12-7-13(20(24,25)26)9-14(8-12)21(27,28)29/h1-2,7-10,31H,3-6H2. The molecule has 0 bridgehead atoms. The van der Waals surface area contributed by atoms with Gasteiger partial charge in [0.15, 0.2) is 0 Å². The summed E-state index contributed by atoms with van der Waals surface area (Å²) in [5.74, 6) is -0.979. The summed E-state index contributed by atoms with van der Waals surface area (Å²) >= 11 is 11.8. The summed E-state index contributed by atoms with van der Waals surface area (Å²) in [6.45, 7) is -0.114. The van der Waals surface area contributed by atoms with Crippen LogP contribution in [0.15, 0.2) is 36.4 Å². The van der Waals surface area contributed by atoms with Crippen molar-refractivity contribution in [3.8, 4) is 6.07 Å². The van der Waals surface area contributed by atoms with Gasteiger partial charge in [-0.2, -0.15) is 31.6 Å². The zero-order chi connectivity index (χ0) is 24.6. The summed E-state index contributed by atoms with van der Waals surface area (Å²) in [7, 11) is 0. The van der Waals surface area contributed by atoms with Crippen molar-refractivity contribution in [2.24, 2.45) is 0 Å². The third kappa shape index (κ3) is 5.65. The Morgan fingerprint density at radius 3 is 1.94 bits per heavy atom. The Morgan fingerprint density at radius 2 is 1.48 bits per heavy atom. The molecule has 1 amide bonds. The van der Waals surface area contributed by atoms with E-state index in [2.05, 4.69) is 11.4 Å². The number of nitriles is 1. The quantitative estimate of drug-likeness (QED) is 0.471. The molecule has 0 aromatic heterocycles. The third-order valence-corrected chi connectivity index (χ3v) is 6.00. The van der Waals surface area contributed by atoms with Crippen LogP contribution in [-0.4, -0.2) is 29.4 Å². The molecule has 1 fully saturated rings. The van der Waals surface area contributed by atoms with E-state index in [1.165, 1.54) is 12.1 Å². The van der Waals surface area contributed by atoms with Gasteiger partial charge in [-0.25, -0.2) is 0 Å². The molecule has 12 heteroatoms. The predicted octanol–water partition coefficient (Wildman–Crippen LogP) is 6.64. The van der Waals surface area contributed by atoms with Crippen LogP contribution in [0.3, 0.4) is 0 Å². The van der Waals surface area contributed by atoms with Crippen LogP contribution in [0.25, 0.3) is 0 Å². The molecular formula is C21H15Cl2F6N3O. The minimum Gasteiger partial charge on any atom is -0.367 e. The number of hydrogen-bond donors (Lipinski definition) is 1. The van der Waals surface area contributed by atoms with Gasteiger partial charge in [-0.1, -0.05) is 23.2 Å². The summed E-state index contributed by atoms with van der Waals surface area (Å²) in [4.78, 5) is 13.9. The van der Waals surface area contributed by atoms with E-state index in [1.54, 1.807) is 6.07 Å². The van der Waals surface area contributed by atoms with Crippen LogP contribution in [0.2, 0.25) is 10.0 Å². The minimum atomic E-state index is -5.06. The largest absolute Gasteiger partial charge is 0.416 e. The molecule has 1 aliphatic rings. The Bertz CT molecular complexity index is 1070. The molecule has 0 unspecified atom stereocenters. The summed E-state index contributed by atoms with van der Waals surface area (Å²) in [6.07, 6.45) is -9.95. The van der Waals surface area contributed by atoms with E-state index in [0.717, 1.165) is 4.90 Å². The average Bonchev–Trinajstić information content (AvgIpc) is 2.75. The summed E-state index contributed by atoms with van der Waals surface area (Å²) < 4.78 is 78.6. The Kier molecular flexibility index (Phi) is 6.78. The Hall–Kier alpha value is -2.64. The van der Waals surface area contributed by atoms with E-state index < -0.39 is 40.5 Å². The van der Waals surface area contributed by atoms with E-state index in [0.29, 0.717) is 22.8 Å². The van der Waals surface area contributed by atoms with Gasteiger partial charge in [0.25, 0.3) is 5.91 Å². The van der Waals surface area contributed by atoms with Crippen molar-refractivity contribution in [3.05, 3.63) is 63.1 Å². The molecule has 33 heavy (non-hydrogen) atoms. The number of amides is 1. The first-order valence-electron chi connectivity index (χ1n) is 9.47. The maximum absolute atomic E-state index is 13.1.